The summed E-state index contributed by atoms with van der Waals surface area (Å²) in [5.41, 5.74) is 0. The van der Waals surface area contributed by atoms with Crippen LogP contribution in [0.2, 0.25) is 0 Å². The zero-order valence-electron chi connectivity index (χ0n) is 7.93. The molecule has 1 aliphatic heterocycles. The Hall–Kier alpha value is -0.0800. The van der Waals surface area contributed by atoms with Crippen LogP contribution in [0, 0.1) is 5.92 Å². The van der Waals surface area contributed by atoms with Gasteiger partial charge >= 0.3 is 0 Å². The van der Waals surface area contributed by atoms with Crippen LogP contribution in [0.5, 0.6) is 0 Å². The van der Waals surface area contributed by atoms with Crippen molar-refractivity contribution in [3.63, 3.8) is 0 Å². The minimum Gasteiger partial charge on any atom is -0.315 e. The normalized spacial score (nSPS) is 33.8. The Labute approximate surface area is 70.0 Å². The van der Waals surface area contributed by atoms with E-state index in [-0.39, 0.29) is 0 Å². The fourth-order valence-corrected chi connectivity index (χ4v) is 1.62. The predicted molar refractivity (Wildman–Crippen MR) is 48.7 cm³/mol. The lowest BCUT2D eigenvalue weighted by molar-refractivity contribution is 0.277. The van der Waals surface area contributed by atoms with Gasteiger partial charge in [-0.3, -0.25) is 0 Å². The SMILES string of the molecule is CC1CCC(N(C)C)CNC1. The lowest BCUT2D eigenvalue weighted by Gasteiger charge is -2.22. The molecular weight excluding hydrogens is 136 g/mol. The van der Waals surface area contributed by atoms with E-state index in [1.807, 2.05) is 0 Å². The molecule has 0 spiro atoms. The highest BCUT2D eigenvalue weighted by Crippen LogP contribution is 2.12. The molecule has 0 amide bonds. The fraction of sp³-hybridized carbons (Fsp3) is 1.00. The van der Waals surface area contributed by atoms with Gasteiger partial charge in [0.1, 0.15) is 0 Å². The molecule has 0 aromatic carbocycles. The van der Waals surface area contributed by atoms with Crippen LogP contribution < -0.4 is 5.32 Å². The molecule has 1 saturated heterocycles. The van der Waals surface area contributed by atoms with Crippen LogP contribution in [0.3, 0.4) is 0 Å². The molecule has 2 atom stereocenters. The van der Waals surface area contributed by atoms with Crippen LogP contribution in [-0.2, 0) is 0 Å². The van der Waals surface area contributed by atoms with Gasteiger partial charge in [0.05, 0.1) is 0 Å². The van der Waals surface area contributed by atoms with E-state index in [1.54, 1.807) is 0 Å². The number of rotatable bonds is 1. The number of likely N-dealkylation sites (N-methyl/N-ethyl adjacent to an activating group) is 1. The van der Waals surface area contributed by atoms with E-state index in [0.29, 0.717) is 0 Å². The van der Waals surface area contributed by atoms with Gasteiger partial charge in [0.25, 0.3) is 0 Å². The van der Waals surface area contributed by atoms with E-state index >= 15 is 0 Å². The maximum atomic E-state index is 3.49. The van der Waals surface area contributed by atoms with Gasteiger partial charge in [-0.15, -0.1) is 0 Å². The van der Waals surface area contributed by atoms with Gasteiger partial charge in [0, 0.05) is 12.6 Å². The molecule has 0 aromatic heterocycles. The molecule has 0 aromatic rings. The van der Waals surface area contributed by atoms with Gasteiger partial charge in [-0.2, -0.15) is 0 Å². The summed E-state index contributed by atoms with van der Waals surface area (Å²) in [6.45, 7) is 4.69. The van der Waals surface area contributed by atoms with E-state index in [0.717, 1.165) is 18.5 Å². The first-order valence-corrected chi connectivity index (χ1v) is 4.57. The third-order valence-electron chi connectivity index (χ3n) is 2.60. The van der Waals surface area contributed by atoms with Crippen molar-refractivity contribution in [1.82, 2.24) is 10.2 Å². The van der Waals surface area contributed by atoms with Crippen LogP contribution >= 0.6 is 0 Å². The Morgan fingerprint density at radius 2 is 1.91 bits per heavy atom. The summed E-state index contributed by atoms with van der Waals surface area (Å²) in [5, 5.41) is 3.49. The van der Waals surface area contributed by atoms with E-state index in [9.17, 15) is 0 Å². The molecule has 0 bridgehead atoms. The Kier molecular flexibility index (Phi) is 3.34. The first-order chi connectivity index (χ1) is 5.20. The second kappa shape index (κ2) is 4.07. The van der Waals surface area contributed by atoms with E-state index < -0.39 is 0 Å². The van der Waals surface area contributed by atoms with Crippen molar-refractivity contribution in [2.45, 2.75) is 25.8 Å². The molecule has 1 fully saturated rings. The number of hydrogen-bond acceptors (Lipinski definition) is 2. The third-order valence-corrected chi connectivity index (χ3v) is 2.60. The van der Waals surface area contributed by atoms with Crippen LogP contribution in [0.15, 0.2) is 0 Å². The second-order valence-electron chi connectivity index (χ2n) is 3.96. The van der Waals surface area contributed by atoms with Crippen molar-refractivity contribution in [3.8, 4) is 0 Å². The van der Waals surface area contributed by atoms with E-state index in [1.165, 1.54) is 19.4 Å². The predicted octanol–water partition coefficient (Wildman–Crippen LogP) is 0.936. The maximum absolute atomic E-state index is 3.49. The average Bonchev–Trinajstić information content (AvgIpc) is 2.13. The minimum atomic E-state index is 0.750. The quantitative estimate of drug-likeness (QED) is 0.608. The van der Waals surface area contributed by atoms with Crippen LogP contribution in [0.4, 0.5) is 0 Å². The maximum Gasteiger partial charge on any atom is 0.0214 e. The highest BCUT2D eigenvalue weighted by molar-refractivity contribution is 4.75. The molecule has 2 unspecified atom stereocenters. The first-order valence-electron chi connectivity index (χ1n) is 4.57. The average molecular weight is 156 g/mol. The molecule has 66 valence electrons. The zero-order chi connectivity index (χ0) is 8.27. The minimum absolute atomic E-state index is 0.750. The van der Waals surface area contributed by atoms with E-state index in [2.05, 4.69) is 31.2 Å². The Morgan fingerprint density at radius 1 is 1.18 bits per heavy atom. The van der Waals surface area contributed by atoms with Gasteiger partial charge in [0.15, 0.2) is 0 Å². The summed E-state index contributed by atoms with van der Waals surface area (Å²) in [6.07, 6.45) is 2.72. The summed E-state index contributed by atoms with van der Waals surface area (Å²) in [5.74, 6) is 0.861. The van der Waals surface area contributed by atoms with Crippen LogP contribution in [0.25, 0.3) is 0 Å². The number of nitrogens with zero attached hydrogens (tertiary/aromatic N) is 1. The molecule has 0 aliphatic carbocycles. The lowest BCUT2D eigenvalue weighted by Crippen LogP contribution is -2.36. The summed E-state index contributed by atoms with van der Waals surface area (Å²) in [7, 11) is 4.34. The molecule has 11 heavy (non-hydrogen) atoms. The molecule has 0 saturated carbocycles. The molecule has 1 heterocycles. The topological polar surface area (TPSA) is 15.3 Å². The van der Waals surface area contributed by atoms with Crippen molar-refractivity contribution in [3.05, 3.63) is 0 Å². The standard InChI is InChI=1S/C9H20N2/c1-8-4-5-9(11(2)3)7-10-6-8/h8-10H,4-7H2,1-3H3. The van der Waals surface area contributed by atoms with Gasteiger partial charge in [0.2, 0.25) is 0 Å². The molecule has 2 heteroatoms. The number of hydrogen-bond donors (Lipinski definition) is 1. The van der Waals surface area contributed by atoms with Gasteiger partial charge in [-0.05, 0) is 39.4 Å². The van der Waals surface area contributed by atoms with Gasteiger partial charge in [-0.25, -0.2) is 0 Å². The highest BCUT2D eigenvalue weighted by atomic mass is 15.1. The van der Waals surface area contributed by atoms with Crippen molar-refractivity contribution < 1.29 is 0 Å². The smallest absolute Gasteiger partial charge is 0.0214 e. The summed E-state index contributed by atoms with van der Waals surface area (Å²) >= 11 is 0. The molecule has 1 rings (SSSR count). The van der Waals surface area contributed by atoms with Crippen molar-refractivity contribution in [1.29, 1.82) is 0 Å². The van der Waals surface area contributed by atoms with Crippen LogP contribution in [0.1, 0.15) is 19.8 Å². The van der Waals surface area contributed by atoms with Crippen molar-refractivity contribution in [2.24, 2.45) is 5.92 Å². The van der Waals surface area contributed by atoms with Crippen molar-refractivity contribution in [2.75, 3.05) is 27.2 Å². The summed E-state index contributed by atoms with van der Waals surface area (Å²) in [6, 6.07) is 0.750. The Morgan fingerprint density at radius 3 is 2.55 bits per heavy atom. The van der Waals surface area contributed by atoms with Gasteiger partial charge < -0.3 is 10.2 Å². The largest absolute Gasteiger partial charge is 0.315 e. The molecule has 2 nitrogen and oxygen atoms in total. The fourth-order valence-electron chi connectivity index (χ4n) is 1.62. The molecule has 0 radical (unpaired) electrons. The third kappa shape index (κ3) is 2.80. The van der Waals surface area contributed by atoms with Crippen molar-refractivity contribution >= 4 is 0 Å². The molecule has 1 N–H and O–H groups in total. The summed E-state index contributed by atoms with van der Waals surface area (Å²) < 4.78 is 0. The zero-order valence-corrected chi connectivity index (χ0v) is 7.93. The van der Waals surface area contributed by atoms with Crippen LogP contribution in [-0.4, -0.2) is 38.1 Å². The molecular formula is C9H20N2. The monoisotopic (exact) mass is 156 g/mol. The number of nitrogens with one attached hydrogen (secondary N) is 1. The summed E-state index contributed by atoms with van der Waals surface area (Å²) in [4.78, 5) is 2.32. The Balaban J connectivity index is 2.34. The molecule has 1 aliphatic rings. The lowest BCUT2D eigenvalue weighted by atomic mass is 10.0. The van der Waals surface area contributed by atoms with E-state index in [4.69, 9.17) is 0 Å². The van der Waals surface area contributed by atoms with Gasteiger partial charge in [-0.1, -0.05) is 6.92 Å². The first kappa shape index (κ1) is 9.01. The Bertz CT molecular complexity index is 112. The highest BCUT2D eigenvalue weighted by Gasteiger charge is 2.16. The second-order valence-corrected chi connectivity index (χ2v) is 3.96.